The summed E-state index contributed by atoms with van der Waals surface area (Å²) in [5, 5.41) is 3.22. The minimum atomic E-state index is 0.179. The molecule has 0 amide bonds. The fourth-order valence-corrected chi connectivity index (χ4v) is 1.37. The number of ketones is 1. The predicted molar refractivity (Wildman–Crippen MR) is 40.9 cm³/mol. The van der Waals surface area contributed by atoms with E-state index in [9.17, 15) is 4.79 Å². The summed E-state index contributed by atoms with van der Waals surface area (Å²) in [4.78, 5) is 11.1. The van der Waals surface area contributed by atoms with E-state index in [1.807, 2.05) is 6.92 Å². The Bertz CT molecular complexity index is 116. The first-order chi connectivity index (χ1) is 4.84. The highest BCUT2D eigenvalue weighted by Gasteiger charge is 2.17. The van der Waals surface area contributed by atoms with Crippen LogP contribution < -0.4 is 5.32 Å². The monoisotopic (exact) mass is 141 g/mol. The van der Waals surface area contributed by atoms with Gasteiger partial charge in [-0.15, -0.1) is 0 Å². The van der Waals surface area contributed by atoms with Crippen LogP contribution >= 0.6 is 0 Å². The minimum Gasteiger partial charge on any atom is -0.307 e. The van der Waals surface area contributed by atoms with Crippen LogP contribution in [0.2, 0.25) is 0 Å². The van der Waals surface area contributed by atoms with E-state index in [1.165, 1.54) is 12.8 Å². The van der Waals surface area contributed by atoms with Gasteiger partial charge in [0, 0.05) is 6.42 Å². The van der Waals surface area contributed by atoms with Gasteiger partial charge >= 0.3 is 0 Å². The van der Waals surface area contributed by atoms with Crippen molar-refractivity contribution in [3.8, 4) is 0 Å². The van der Waals surface area contributed by atoms with Gasteiger partial charge in [0.2, 0.25) is 0 Å². The molecule has 1 atom stereocenters. The topological polar surface area (TPSA) is 29.1 Å². The molecule has 1 fully saturated rings. The van der Waals surface area contributed by atoms with E-state index in [1.54, 1.807) is 0 Å². The van der Waals surface area contributed by atoms with Crippen LogP contribution in [0.1, 0.15) is 32.6 Å². The zero-order valence-corrected chi connectivity index (χ0v) is 6.52. The first-order valence-electron chi connectivity index (χ1n) is 4.10. The van der Waals surface area contributed by atoms with Gasteiger partial charge in [0.05, 0.1) is 6.04 Å². The van der Waals surface area contributed by atoms with E-state index in [2.05, 4.69) is 5.32 Å². The number of hydrogen-bond donors (Lipinski definition) is 1. The minimum absolute atomic E-state index is 0.179. The molecule has 0 aromatic heterocycles. The van der Waals surface area contributed by atoms with E-state index >= 15 is 0 Å². The van der Waals surface area contributed by atoms with Crippen LogP contribution in [0.5, 0.6) is 0 Å². The third-order valence-corrected chi connectivity index (χ3v) is 2.05. The molecule has 0 aromatic carbocycles. The first kappa shape index (κ1) is 7.73. The summed E-state index contributed by atoms with van der Waals surface area (Å²) in [5.74, 6) is 0.375. The van der Waals surface area contributed by atoms with Crippen LogP contribution in [0.15, 0.2) is 0 Å². The molecule has 0 aromatic rings. The Morgan fingerprint density at radius 3 is 2.90 bits per heavy atom. The second-order valence-corrected chi connectivity index (χ2v) is 2.82. The van der Waals surface area contributed by atoms with Gasteiger partial charge in [-0.2, -0.15) is 0 Å². The van der Waals surface area contributed by atoms with Crippen molar-refractivity contribution in [2.24, 2.45) is 0 Å². The molecule has 1 rings (SSSR count). The van der Waals surface area contributed by atoms with E-state index in [-0.39, 0.29) is 6.04 Å². The molecule has 1 heterocycles. The van der Waals surface area contributed by atoms with Gasteiger partial charge in [0.1, 0.15) is 5.78 Å². The van der Waals surface area contributed by atoms with Gasteiger partial charge in [-0.3, -0.25) is 4.79 Å². The number of hydrogen-bond acceptors (Lipinski definition) is 2. The van der Waals surface area contributed by atoms with Crippen molar-refractivity contribution in [2.75, 3.05) is 6.54 Å². The Hall–Kier alpha value is -0.370. The lowest BCUT2D eigenvalue weighted by Gasteiger charge is -2.21. The van der Waals surface area contributed by atoms with Crippen LogP contribution in [-0.4, -0.2) is 18.4 Å². The third-order valence-electron chi connectivity index (χ3n) is 2.05. The van der Waals surface area contributed by atoms with Crippen molar-refractivity contribution in [1.29, 1.82) is 0 Å². The first-order valence-corrected chi connectivity index (χ1v) is 4.10. The van der Waals surface area contributed by atoms with Crippen LogP contribution in [0.3, 0.4) is 0 Å². The second-order valence-electron chi connectivity index (χ2n) is 2.82. The average Bonchev–Trinajstić information content (AvgIpc) is 2.05. The maximum absolute atomic E-state index is 11.1. The number of carbonyl (C=O) groups is 1. The van der Waals surface area contributed by atoms with Crippen molar-refractivity contribution in [3.05, 3.63) is 0 Å². The molecule has 58 valence electrons. The fourth-order valence-electron chi connectivity index (χ4n) is 1.37. The standard InChI is InChI=1S/C8H15NO/c1-2-8(10)7-5-3-4-6-9-7/h7,9H,2-6H2,1H3/t7-/m1/s1. The van der Waals surface area contributed by atoms with Crippen molar-refractivity contribution >= 4 is 5.78 Å². The Kier molecular flexibility index (Phi) is 2.87. The van der Waals surface area contributed by atoms with E-state index in [4.69, 9.17) is 0 Å². The molecule has 0 bridgehead atoms. The normalized spacial score (nSPS) is 26.3. The average molecular weight is 141 g/mol. The molecule has 1 saturated heterocycles. The van der Waals surface area contributed by atoms with Crippen molar-refractivity contribution in [2.45, 2.75) is 38.6 Å². The summed E-state index contributed by atoms with van der Waals surface area (Å²) in [7, 11) is 0. The number of Topliss-reactive ketones (excluding diaryl/α,β-unsaturated/α-hetero) is 1. The molecule has 2 heteroatoms. The SMILES string of the molecule is CCC(=O)[C@H]1CCCCN1. The molecule has 0 radical (unpaired) electrons. The number of piperidine rings is 1. The van der Waals surface area contributed by atoms with Crippen LogP contribution in [-0.2, 0) is 4.79 Å². The number of rotatable bonds is 2. The maximum Gasteiger partial charge on any atom is 0.149 e. The third kappa shape index (κ3) is 1.81. The molecule has 10 heavy (non-hydrogen) atoms. The Labute approximate surface area is 62.0 Å². The lowest BCUT2D eigenvalue weighted by molar-refractivity contribution is -0.121. The van der Waals surface area contributed by atoms with Crippen LogP contribution in [0.25, 0.3) is 0 Å². The molecular formula is C8H15NO. The predicted octanol–water partition coefficient (Wildman–Crippen LogP) is 1.11. The number of carbonyl (C=O) groups excluding carboxylic acids is 1. The fraction of sp³-hybridized carbons (Fsp3) is 0.875. The van der Waals surface area contributed by atoms with E-state index in [0.717, 1.165) is 13.0 Å². The molecule has 0 saturated carbocycles. The van der Waals surface area contributed by atoms with Crippen molar-refractivity contribution < 1.29 is 4.79 Å². The summed E-state index contributed by atoms with van der Waals surface area (Å²) >= 11 is 0. The van der Waals surface area contributed by atoms with Gasteiger partial charge in [-0.05, 0) is 19.4 Å². The summed E-state index contributed by atoms with van der Waals surface area (Å²) in [6.45, 7) is 2.95. The smallest absolute Gasteiger partial charge is 0.149 e. The Morgan fingerprint density at radius 2 is 2.40 bits per heavy atom. The van der Waals surface area contributed by atoms with Gasteiger partial charge in [-0.1, -0.05) is 13.3 Å². The lowest BCUT2D eigenvalue weighted by Crippen LogP contribution is -2.39. The summed E-state index contributed by atoms with van der Waals surface area (Å²) < 4.78 is 0. The highest BCUT2D eigenvalue weighted by molar-refractivity contribution is 5.83. The summed E-state index contributed by atoms with van der Waals surface area (Å²) in [6.07, 6.45) is 4.17. The van der Waals surface area contributed by atoms with Crippen LogP contribution in [0.4, 0.5) is 0 Å². The maximum atomic E-state index is 11.1. The largest absolute Gasteiger partial charge is 0.307 e. The quantitative estimate of drug-likeness (QED) is 0.624. The molecule has 0 unspecified atom stereocenters. The molecule has 1 N–H and O–H groups in total. The van der Waals surface area contributed by atoms with Gasteiger partial charge < -0.3 is 5.32 Å². The molecule has 1 aliphatic rings. The zero-order valence-electron chi connectivity index (χ0n) is 6.52. The van der Waals surface area contributed by atoms with E-state index in [0.29, 0.717) is 12.2 Å². The number of nitrogens with one attached hydrogen (secondary N) is 1. The molecule has 1 aliphatic heterocycles. The zero-order chi connectivity index (χ0) is 7.40. The molecule has 0 aliphatic carbocycles. The molecule has 2 nitrogen and oxygen atoms in total. The van der Waals surface area contributed by atoms with E-state index < -0.39 is 0 Å². The Morgan fingerprint density at radius 1 is 1.60 bits per heavy atom. The van der Waals surface area contributed by atoms with Crippen molar-refractivity contribution in [3.63, 3.8) is 0 Å². The summed E-state index contributed by atoms with van der Waals surface area (Å²) in [6, 6.07) is 0.179. The molecular weight excluding hydrogens is 126 g/mol. The highest BCUT2D eigenvalue weighted by Crippen LogP contribution is 2.08. The lowest BCUT2D eigenvalue weighted by atomic mass is 10.00. The van der Waals surface area contributed by atoms with Gasteiger partial charge in [0.15, 0.2) is 0 Å². The Balaban J connectivity index is 2.31. The van der Waals surface area contributed by atoms with Gasteiger partial charge in [-0.25, -0.2) is 0 Å². The summed E-state index contributed by atoms with van der Waals surface area (Å²) in [5.41, 5.74) is 0. The van der Waals surface area contributed by atoms with Crippen LogP contribution in [0, 0.1) is 0 Å². The van der Waals surface area contributed by atoms with Gasteiger partial charge in [0.25, 0.3) is 0 Å². The van der Waals surface area contributed by atoms with Crippen molar-refractivity contribution in [1.82, 2.24) is 5.32 Å². The second kappa shape index (κ2) is 3.71. The highest BCUT2D eigenvalue weighted by atomic mass is 16.1. The molecule has 0 spiro atoms.